The molecular weight excluding hydrogens is 581 g/mol. The molecule has 0 unspecified atom stereocenters. The Bertz CT molecular complexity index is 2620. The van der Waals surface area contributed by atoms with Gasteiger partial charge in [0.25, 0.3) is 0 Å². The molecule has 2 heterocycles. The molecule has 7 aromatic carbocycles. The number of fused-ring (bicyclic) bond motifs is 6. The van der Waals surface area contributed by atoms with Crippen molar-refractivity contribution in [3.63, 3.8) is 0 Å². The van der Waals surface area contributed by atoms with Gasteiger partial charge in [0.05, 0.1) is 22.1 Å². The monoisotopic (exact) mass is 614 g/mol. The van der Waals surface area contributed by atoms with Gasteiger partial charge in [0.2, 0.25) is 0 Å². The zero-order chi connectivity index (χ0) is 31.6. The number of hydrogen-bond donors (Lipinski definition) is 0. The molecule has 0 saturated heterocycles. The van der Waals surface area contributed by atoms with Crippen molar-refractivity contribution in [2.45, 2.75) is 25.2 Å². The van der Waals surface area contributed by atoms with Crippen LogP contribution in [0.1, 0.15) is 30.7 Å². The van der Waals surface area contributed by atoms with E-state index in [0.717, 1.165) is 0 Å². The molecule has 2 aromatic heterocycles. The van der Waals surface area contributed by atoms with Crippen molar-refractivity contribution in [3.05, 3.63) is 169 Å². The fourth-order valence-corrected chi connectivity index (χ4v) is 8.06. The Balaban J connectivity index is 1.21. The van der Waals surface area contributed by atoms with Gasteiger partial charge in [-0.1, -0.05) is 116 Å². The largest absolute Gasteiger partial charge is 0.309 e. The lowest BCUT2D eigenvalue weighted by atomic mass is 9.77. The van der Waals surface area contributed by atoms with Crippen LogP contribution in [0.5, 0.6) is 0 Å². The highest BCUT2D eigenvalue weighted by molar-refractivity contribution is 6.13. The smallest absolute Gasteiger partial charge is 0.0550 e. The summed E-state index contributed by atoms with van der Waals surface area (Å²) in [6, 6.07) is 60.3. The topological polar surface area (TPSA) is 9.86 Å². The first kappa shape index (κ1) is 27.3. The average Bonchev–Trinajstić information content (AvgIpc) is 3.64. The summed E-state index contributed by atoms with van der Waals surface area (Å²) < 4.78 is 4.89. The molecule has 228 valence electrons. The second-order valence-corrected chi connectivity index (χ2v) is 13.3. The summed E-state index contributed by atoms with van der Waals surface area (Å²) in [5.74, 6) is 0.593. The van der Waals surface area contributed by atoms with Gasteiger partial charge in [0.1, 0.15) is 0 Å². The molecule has 1 aliphatic rings. The zero-order valence-electron chi connectivity index (χ0n) is 26.7. The highest BCUT2D eigenvalue weighted by Gasteiger charge is 2.26. The molecular formula is C46H34N2. The van der Waals surface area contributed by atoms with Crippen LogP contribution in [-0.2, 0) is 0 Å². The molecule has 48 heavy (non-hydrogen) atoms. The molecule has 2 heteroatoms. The third-order valence-electron chi connectivity index (χ3n) is 10.6. The van der Waals surface area contributed by atoms with Crippen molar-refractivity contribution in [3.8, 4) is 33.6 Å². The maximum atomic E-state index is 2.51. The second kappa shape index (κ2) is 10.9. The first-order chi connectivity index (χ1) is 23.8. The summed E-state index contributed by atoms with van der Waals surface area (Å²) >= 11 is 0. The number of benzene rings is 7. The molecule has 0 N–H and O–H groups in total. The van der Waals surface area contributed by atoms with E-state index in [4.69, 9.17) is 0 Å². The summed E-state index contributed by atoms with van der Waals surface area (Å²) in [6.07, 6.45) is 3.82. The van der Waals surface area contributed by atoms with Crippen molar-refractivity contribution in [2.24, 2.45) is 0 Å². The second-order valence-electron chi connectivity index (χ2n) is 13.3. The summed E-state index contributed by atoms with van der Waals surface area (Å²) in [5.41, 5.74) is 13.9. The fourth-order valence-electron chi connectivity index (χ4n) is 8.06. The number of aromatic nitrogens is 2. The lowest BCUT2D eigenvalue weighted by Gasteiger charge is -2.27. The first-order valence-corrected chi connectivity index (χ1v) is 17.1. The Morgan fingerprint density at radius 1 is 0.375 bits per heavy atom. The summed E-state index contributed by atoms with van der Waals surface area (Å²) in [7, 11) is 0. The SMILES string of the molecule is c1ccc(-c2ccc(-n3c4ccccc4c4c(C5CCC5)cc(-c5ccc6c(c5)c5ccccc5n6-c5ccccc5)cc43)cc2)cc1. The Morgan fingerprint density at radius 3 is 1.67 bits per heavy atom. The molecule has 9 aromatic rings. The van der Waals surface area contributed by atoms with Crippen LogP contribution in [-0.4, -0.2) is 9.13 Å². The standard InChI is InChI=1S/C46H34N2/c1-3-12-31(13-4-1)32-22-25-37(26-23-32)48-43-21-10-8-19-39(43)46-40(33-14-11-15-33)29-35(30-45(46)48)34-24-27-44-41(28-34)38-18-7-9-20-42(38)47(44)36-16-5-2-6-17-36/h1-10,12-13,16-30,33H,11,14-15H2. The third kappa shape index (κ3) is 4.19. The Kier molecular flexibility index (Phi) is 6.17. The molecule has 10 rings (SSSR count). The Hall–Kier alpha value is -5.86. The van der Waals surface area contributed by atoms with E-state index in [1.807, 2.05) is 0 Å². The van der Waals surface area contributed by atoms with Gasteiger partial charge in [-0.3, -0.25) is 0 Å². The fraction of sp³-hybridized carbons (Fsp3) is 0.0870. The van der Waals surface area contributed by atoms with Crippen molar-refractivity contribution < 1.29 is 0 Å². The highest BCUT2D eigenvalue weighted by Crippen LogP contribution is 2.46. The van der Waals surface area contributed by atoms with Gasteiger partial charge in [0.15, 0.2) is 0 Å². The molecule has 1 fully saturated rings. The number of para-hydroxylation sites is 3. The van der Waals surface area contributed by atoms with Crippen LogP contribution < -0.4 is 0 Å². The number of rotatable bonds is 5. The maximum Gasteiger partial charge on any atom is 0.0550 e. The predicted molar refractivity (Wildman–Crippen MR) is 203 cm³/mol. The van der Waals surface area contributed by atoms with E-state index in [9.17, 15) is 0 Å². The average molecular weight is 615 g/mol. The quantitative estimate of drug-likeness (QED) is 0.183. The van der Waals surface area contributed by atoms with Gasteiger partial charge < -0.3 is 9.13 Å². The van der Waals surface area contributed by atoms with Gasteiger partial charge in [-0.2, -0.15) is 0 Å². The van der Waals surface area contributed by atoms with Crippen molar-refractivity contribution in [1.82, 2.24) is 9.13 Å². The molecule has 0 aliphatic heterocycles. The van der Waals surface area contributed by atoms with E-state index in [1.165, 1.54) is 102 Å². The molecule has 1 saturated carbocycles. The maximum absolute atomic E-state index is 2.51. The van der Waals surface area contributed by atoms with Gasteiger partial charge >= 0.3 is 0 Å². The van der Waals surface area contributed by atoms with Gasteiger partial charge in [-0.05, 0) is 101 Å². The lowest BCUT2D eigenvalue weighted by molar-refractivity contribution is 0.422. The highest BCUT2D eigenvalue weighted by atomic mass is 15.0. The molecule has 0 atom stereocenters. The van der Waals surface area contributed by atoms with Gasteiger partial charge in [0, 0.05) is 32.9 Å². The molecule has 0 amide bonds. The molecule has 0 spiro atoms. The molecule has 1 aliphatic carbocycles. The van der Waals surface area contributed by atoms with Crippen LogP contribution in [0.3, 0.4) is 0 Å². The number of nitrogens with zero attached hydrogens (tertiary/aromatic N) is 2. The molecule has 2 nitrogen and oxygen atoms in total. The summed E-state index contributed by atoms with van der Waals surface area (Å²) in [6.45, 7) is 0. The van der Waals surface area contributed by atoms with Crippen LogP contribution >= 0.6 is 0 Å². The van der Waals surface area contributed by atoms with E-state index in [-0.39, 0.29) is 0 Å². The Morgan fingerprint density at radius 2 is 0.938 bits per heavy atom. The van der Waals surface area contributed by atoms with E-state index in [1.54, 1.807) is 0 Å². The Labute approximate surface area is 280 Å². The molecule has 0 radical (unpaired) electrons. The lowest BCUT2D eigenvalue weighted by Crippen LogP contribution is -2.09. The van der Waals surface area contributed by atoms with Gasteiger partial charge in [-0.15, -0.1) is 0 Å². The van der Waals surface area contributed by atoms with Crippen LogP contribution in [0.4, 0.5) is 0 Å². The third-order valence-corrected chi connectivity index (χ3v) is 10.6. The van der Waals surface area contributed by atoms with Crippen LogP contribution in [0, 0.1) is 0 Å². The van der Waals surface area contributed by atoms with Gasteiger partial charge in [-0.25, -0.2) is 0 Å². The van der Waals surface area contributed by atoms with E-state index >= 15 is 0 Å². The zero-order valence-corrected chi connectivity index (χ0v) is 26.7. The number of hydrogen-bond acceptors (Lipinski definition) is 0. The van der Waals surface area contributed by atoms with E-state index < -0.39 is 0 Å². The van der Waals surface area contributed by atoms with Crippen molar-refractivity contribution in [1.29, 1.82) is 0 Å². The van der Waals surface area contributed by atoms with Crippen molar-refractivity contribution >= 4 is 43.6 Å². The van der Waals surface area contributed by atoms with Crippen molar-refractivity contribution in [2.75, 3.05) is 0 Å². The minimum atomic E-state index is 0.593. The van der Waals surface area contributed by atoms with E-state index in [2.05, 4.69) is 173 Å². The normalized spacial score (nSPS) is 13.5. The van der Waals surface area contributed by atoms with Crippen LogP contribution in [0.25, 0.3) is 77.2 Å². The van der Waals surface area contributed by atoms with E-state index in [0.29, 0.717) is 5.92 Å². The molecule has 0 bridgehead atoms. The minimum absolute atomic E-state index is 0.593. The summed E-state index contributed by atoms with van der Waals surface area (Å²) in [5, 5.41) is 5.32. The minimum Gasteiger partial charge on any atom is -0.309 e. The first-order valence-electron chi connectivity index (χ1n) is 17.1. The van der Waals surface area contributed by atoms with Crippen LogP contribution in [0.2, 0.25) is 0 Å². The summed E-state index contributed by atoms with van der Waals surface area (Å²) in [4.78, 5) is 0. The van der Waals surface area contributed by atoms with Crippen LogP contribution in [0.15, 0.2) is 164 Å². The predicted octanol–water partition coefficient (Wildman–Crippen LogP) is 12.5.